The quantitative estimate of drug-likeness (QED) is 0.268. The van der Waals surface area contributed by atoms with Crippen molar-refractivity contribution in [2.75, 3.05) is 11.9 Å². The van der Waals surface area contributed by atoms with Crippen LogP contribution in [0.15, 0.2) is 23.2 Å². The third-order valence-electron chi connectivity index (χ3n) is 4.34. The summed E-state index contributed by atoms with van der Waals surface area (Å²) in [5, 5.41) is 5.70. The van der Waals surface area contributed by atoms with Crippen molar-refractivity contribution in [3.63, 3.8) is 0 Å². The SMILES string of the molecule is CC/N=C(/NC(=O)OC(C)(C)C)Nc1ccc(CC)c(CN(C(=O)OC(C)(C)C)C(=O)OC(C)(C)C)c1. The number of carbonyl (C=O) groups is 3. The lowest BCUT2D eigenvalue weighted by molar-refractivity contribution is -0.000329. The Labute approximate surface area is 221 Å². The summed E-state index contributed by atoms with van der Waals surface area (Å²) in [5.74, 6) is 0.211. The first-order valence-corrected chi connectivity index (χ1v) is 12.5. The molecule has 0 aliphatic heterocycles. The number of nitrogens with one attached hydrogen (secondary N) is 2. The van der Waals surface area contributed by atoms with Crippen LogP contribution in [-0.4, -0.2) is 52.5 Å². The number of hydrogen-bond donors (Lipinski definition) is 2. The van der Waals surface area contributed by atoms with Crippen LogP contribution in [0.4, 0.5) is 20.1 Å². The molecule has 0 aromatic heterocycles. The van der Waals surface area contributed by atoms with Gasteiger partial charge >= 0.3 is 18.3 Å². The number of ether oxygens (including phenoxy) is 3. The van der Waals surface area contributed by atoms with Gasteiger partial charge in [-0.2, -0.15) is 0 Å². The number of carbonyl (C=O) groups excluding carboxylic acids is 3. The molecule has 0 heterocycles. The molecule has 10 nitrogen and oxygen atoms in total. The second-order valence-corrected chi connectivity index (χ2v) is 11.5. The van der Waals surface area contributed by atoms with Crippen LogP contribution in [0.5, 0.6) is 0 Å². The van der Waals surface area contributed by atoms with E-state index < -0.39 is 35.1 Å². The molecule has 0 fully saturated rings. The predicted octanol–water partition coefficient (Wildman–Crippen LogP) is 6.23. The lowest BCUT2D eigenvalue weighted by Crippen LogP contribution is -2.43. The van der Waals surface area contributed by atoms with E-state index in [0.717, 1.165) is 10.5 Å². The van der Waals surface area contributed by atoms with Crippen LogP contribution in [0.25, 0.3) is 0 Å². The normalized spacial score (nSPS) is 12.5. The van der Waals surface area contributed by atoms with Crippen LogP contribution in [0.3, 0.4) is 0 Å². The van der Waals surface area contributed by atoms with E-state index in [2.05, 4.69) is 15.6 Å². The molecule has 1 aromatic rings. The second kappa shape index (κ2) is 12.8. The zero-order valence-corrected chi connectivity index (χ0v) is 24.2. The molecule has 0 unspecified atom stereocenters. The van der Waals surface area contributed by atoms with Crippen LogP contribution in [0, 0.1) is 0 Å². The van der Waals surface area contributed by atoms with Gasteiger partial charge in [0.25, 0.3) is 0 Å². The Balaban J connectivity index is 3.29. The number of rotatable bonds is 5. The molecule has 0 bridgehead atoms. The zero-order valence-electron chi connectivity index (χ0n) is 24.2. The molecular weight excluding hydrogens is 476 g/mol. The molecule has 37 heavy (non-hydrogen) atoms. The molecule has 0 radical (unpaired) electrons. The van der Waals surface area contributed by atoms with Gasteiger partial charge < -0.3 is 19.5 Å². The summed E-state index contributed by atoms with van der Waals surface area (Å²) in [6, 6.07) is 5.51. The number of hydrogen-bond acceptors (Lipinski definition) is 7. The van der Waals surface area contributed by atoms with Crippen molar-refractivity contribution in [1.29, 1.82) is 0 Å². The highest BCUT2D eigenvalue weighted by Crippen LogP contribution is 2.22. The molecule has 2 N–H and O–H groups in total. The van der Waals surface area contributed by atoms with Gasteiger partial charge in [-0.15, -0.1) is 0 Å². The fourth-order valence-electron chi connectivity index (χ4n) is 3.01. The van der Waals surface area contributed by atoms with E-state index in [0.29, 0.717) is 24.2 Å². The van der Waals surface area contributed by atoms with E-state index in [1.165, 1.54) is 0 Å². The summed E-state index contributed by atoms with van der Waals surface area (Å²) < 4.78 is 16.3. The molecule has 1 rings (SSSR count). The fraction of sp³-hybridized carbons (Fsp3) is 0.630. The Morgan fingerprint density at radius 3 is 1.76 bits per heavy atom. The Hall–Kier alpha value is -3.30. The number of aliphatic imine (C=N–C) groups is 1. The van der Waals surface area contributed by atoms with Gasteiger partial charge in [-0.05, 0) is 98.9 Å². The molecule has 208 valence electrons. The smallest absolute Gasteiger partial charge is 0.420 e. The molecule has 0 saturated carbocycles. The number of alkyl carbamates (subject to hydrolysis) is 1. The third-order valence-corrected chi connectivity index (χ3v) is 4.34. The maximum atomic E-state index is 13.0. The van der Waals surface area contributed by atoms with Crippen molar-refractivity contribution in [2.45, 2.75) is 106 Å². The van der Waals surface area contributed by atoms with Crippen LogP contribution in [0.1, 0.15) is 87.3 Å². The number of aryl methyl sites for hydroxylation is 1. The van der Waals surface area contributed by atoms with E-state index in [9.17, 15) is 14.4 Å². The second-order valence-electron chi connectivity index (χ2n) is 11.5. The molecule has 0 atom stereocenters. The fourth-order valence-corrected chi connectivity index (χ4v) is 3.01. The van der Waals surface area contributed by atoms with Gasteiger partial charge in [0.15, 0.2) is 0 Å². The van der Waals surface area contributed by atoms with E-state index in [4.69, 9.17) is 14.2 Å². The maximum Gasteiger partial charge on any atom is 0.420 e. The highest BCUT2D eigenvalue weighted by atomic mass is 16.6. The van der Waals surface area contributed by atoms with Gasteiger partial charge in [-0.1, -0.05) is 13.0 Å². The standard InChI is InChI=1S/C27H44N4O6/c1-12-18-14-15-20(29-21(28-13-2)30-22(32)35-25(3,4)5)16-19(18)17-31(23(33)36-26(6,7)8)24(34)37-27(9,10)11/h14-16H,12-13,17H2,1-11H3,(H2,28,29,30,32). The molecule has 0 saturated heterocycles. The Bertz CT molecular complexity index is 956. The van der Waals surface area contributed by atoms with Gasteiger partial charge in [-0.3, -0.25) is 10.3 Å². The molecule has 10 heteroatoms. The van der Waals surface area contributed by atoms with E-state index in [1.807, 2.05) is 26.0 Å². The highest BCUT2D eigenvalue weighted by Gasteiger charge is 2.32. The summed E-state index contributed by atoms with van der Waals surface area (Å²) in [6.45, 7) is 19.9. The number of anilines is 1. The van der Waals surface area contributed by atoms with Gasteiger partial charge in [-0.25, -0.2) is 19.3 Å². The van der Waals surface area contributed by atoms with Crippen LogP contribution in [-0.2, 0) is 27.2 Å². The lowest BCUT2D eigenvalue weighted by Gasteiger charge is -2.29. The van der Waals surface area contributed by atoms with Gasteiger partial charge in [0.1, 0.15) is 16.8 Å². The summed E-state index contributed by atoms with van der Waals surface area (Å²) in [7, 11) is 0. The van der Waals surface area contributed by atoms with Crippen LogP contribution < -0.4 is 10.6 Å². The first-order chi connectivity index (χ1) is 16.8. The first-order valence-electron chi connectivity index (χ1n) is 12.5. The van der Waals surface area contributed by atoms with Crippen molar-refractivity contribution in [2.24, 2.45) is 4.99 Å². The lowest BCUT2D eigenvalue weighted by atomic mass is 10.0. The Kier molecular flexibility index (Phi) is 11.0. The predicted molar refractivity (Wildman–Crippen MR) is 145 cm³/mol. The number of amides is 3. The average molecular weight is 521 g/mol. The zero-order chi connectivity index (χ0) is 28.6. The van der Waals surface area contributed by atoms with Crippen molar-refractivity contribution in [3.05, 3.63) is 29.3 Å². The van der Waals surface area contributed by atoms with E-state index >= 15 is 0 Å². The minimum absolute atomic E-state index is 0.0672. The summed E-state index contributed by atoms with van der Waals surface area (Å²) >= 11 is 0. The third kappa shape index (κ3) is 12.5. The van der Waals surface area contributed by atoms with Crippen molar-refractivity contribution in [1.82, 2.24) is 10.2 Å². The molecule has 1 aromatic carbocycles. The van der Waals surface area contributed by atoms with Gasteiger partial charge in [0.05, 0.1) is 6.54 Å². The molecule has 0 aliphatic carbocycles. The monoisotopic (exact) mass is 520 g/mol. The van der Waals surface area contributed by atoms with Crippen LogP contribution >= 0.6 is 0 Å². The largest absolute Gasteiger partial charge is 0.444 e. The van der Waals surface area contributed by atoms with E-state index in [-0.39, 0.29) is 12.5 Å². The molecular formula is C27H44N4O6. The molecule has 0 spiro atoms. The van der Waals surface area contributed by atoms with Gasteiger partial charge in [0.2, 0.25) is 5.96 Å². The molecule has 0 aliphatic rings. The Morgan fingerprint density at radius 2 is 1.32 bits per heavy atom. The highest BCUT2D eigenvalue weighted by molar-refractivity contribution is 6.02. The van der Waals surface area contributed by atoms with E-state index in [1.54, 1.807) is 68.4 Å². The first kappa shape index (κ1) is 31.7. The number of imide groups is 1. The average Bonchev–Trinajstić information content (AvgIpc) is 2.68. The maximum absolute atomic E-state index is 13.0. The van der Waals surface area contributed by atoms with Crippen molar-refractivity contribution >= 4 is 29.9 Å². The number of nitrogens with zero attached hydrogens (tertiary/aromatic N) is 2. The topological polar surface area (TPSA) is 119 Å². The number of guanidine groups is 1. The van der Waals surface area contributed by atoms with Crippen LogP contribution in [0.2, 0.25) is 0 Å². The summed E-state index contributed by atoms with van der Waals surface area (Å²) in [4.78, 5) is 43.5. The minimum atomic E-state index is -0.804. The molecule has 3 amide bonds. The summed E-state index contributed by atoms with van der Waals surface area (Å²) in [6.07, 6.45) is -1.58. The van der Waals surface area contributed by atoms with Crippen molar-refractivity contribution in [3.8, 4) is 0 Å². The van der Waals surface area contributed by atoms with Crippen molar-refractivity contribution < 1.29 is 28.6 Å². The number of benzene rings is 1. The minimum Gasteiger partial charge on any atom is -0.444 e. The summed E-state index contributed by atoms with van der Waals surface area (Å²) in [5.41, 5.74) is -0.0253. The van der Waals surface area contributed by atoms with Gasteiger partial charge in [0, 0.05) is 12.2 Å². The Morgan fingerprint density at radius 1 is 0.811 bits per heavy atom.